The molecule has 3 heteroatoms. The molecule has 2 atom stereocenters. The molecule has 0 spiro atoms. The van der Waals surface area contributed by atoms with E-state index in [9.17, 15) is 4.79 Å². The number of benzene rings is 1. The van der Waals surface area contributed by atoms with Gasteiger partial charge in [-0.25, -0.2) is 0 Å². The smallest absolute Gasteiger partial charge is 0.227 e. The predicted octanol–water partition coefficient (Wildman–Crippen LogP) is 2.47. The van der Waals surface area contributed by atoms with Gasteiger partial charge in [0.05, 0.1) is 6.04 Å². The van der Waals surface area contributed by atoms with Crippen molar-refractivity contribution in [2.24, 2.45) is 0 Å². The van der Waals surface area contributed by atoms with Gasteiger partial charge in [0.1, 0.15) is 0 Å². The minimum atomic E-state index is 0.295. The van der Waals surface area contributed by atoms with Gasteiger partial charge in [-0.3, -0.25) is 4.79 Å². The van der Waals surface area contributed by atoms with Crippen molar-refractivity contribution in [3.63, 3.8) is 0 Å². The summed E-state index contributed by atoms with van der Waals surface area (Å²) in [6.45, 7) is 0.877. The fraction of sp³-hybridized carbons (Fsp3) is 0.400. The van der Waals surface area contributed by atoms with Crippen LogP contribution in [0.2, 0.25) is 0 Å². The van der Waals surface area contributed by atoms with Crippen LogP contribution in [0.3, 0.4) is 0 Å². The Bertz CT molecular complexity index is 549. The quantitative estimate of drug-likeness (QED) is 0.755. The molecular formula is C15H16N2O. The normalized spacial score (nSPS) is 29.0. The van der Waals surface area contributed by atoms with Crippen LogP contribution in [0.15, 0.2) is 36.0 Å². The van der Waals surface area contributed by atoms with E-state index in [1.807, 2.05) is 4.90 Å². The molecule has 3 aliphatic heterocycles. The summed E-state index contributed by atoms with van der Waals surface area (Å²) in [5, 5.41) is 3.59. The van der Waals surface area contributed by atoms with E-state index in [1.165, 1.54) is 16.9 Å². The number of fused-ring (bicyclic) bond motifs is 5. The largest absolute Gasteiger partial charge is 0.376 e. The first-order valence-electron chi connectivity index (χ1n) is 6.70. The fourth-order valence-electron chi connectivity index (χ4n) is 3.55. The van der Waals surface area contributed by atoms with Crippen molar-refractivity contribution in [1.29, 1.82) is 0 Å². The molecule has 92 valence electrons. The highest BCUT2D eigenvalue weighted by Gasteiger charge is 2.42. The third-order valence-electron chi connectivity index (χ3n) is 4.38. The third-order valence-corrected chi connectivity index (χ3v) is 4.38. The Morgan fingerprint density at radius 3 is 3.11 bits per heavy atom. The lowest BCUT2D eigenvalue weighted by Gasteiger charge is -2.39. The predicted molar refractivity (Wildman–Crippen MR) is 70.2 cm³/mol. The first-order chi connectivity index (χ1) is 8.84. The second-order valence-electron chi connectivity index (χ2n) is 5.32. The molecule has 4 rings (SSSR count). The molecule has 1 amide bonds. The number of rotatable bonds is 0. The van der Waals surface area contributed by atoms with Crippen LogP contribution in [0.4, 0.5) is 5.69 Å². The van der Waals surface area contributed by atoms with Gasteiger partial charge in [0.2, 0.25) is 5.91 Å². The number of piperidine rings is 1. The molecule has 3 nitrogen and oxygen atoms in total. The number of anilines is 1. The van der Waals surface area contributed by atoms with E-state index in [1.54, 1.807) is 0 Å². The van der Waals surface area contributed by atoms with Crippen LogP contribution < -0.4 is 5.32 Å². The molecule has 0 aliphatic carbocycles. The van der Waals surface area contributed by atoms with E-state index in [-0.39, 0.29) is 0 Å². The van der Waals surface area contributed by atoms with Gasteiger partial charge in [0, 0.05) is 30.3 Å². The highest BCUT2D eigenvalue weighted by atomic mass is 16.2. The number of nitrogens with one attached hydrogen (secondary N) is 1. The fourth-order valence-corrected chi connectivity index (χ4v) is 3.55. The van der Waals surface area contributed by atoms with E-state index in [2.05, 4.69) is 35.7 Å². The lowest BCUT2D eigenvalue weighted by atomic mass is 9.84. The number of hydrogen-bond acceptors (Lipinski definition) is 2. The number of amides is 1. The van der Waals surface area contributed by atoms with Crippen LogP contribution in [-0.4, -0.2) is 23.4 Å². The summed E-state index contributed by atoms with van der Waals surface area (Å²) in [4.78, 5) is 13.9. The van der Waals surface area contributed by atoms with Gasteiger partial charge >= 0.3 is 0 Å². The van der Waals surface area contributed by atoms with E-state index in [4.69, 9.17) is 0 Å². The molecule has 0 aromatic heterocycles. The number of carbonyl (C=O) groups is 1. The molecule has 2 unspecified atom stereocenters. The first kappa shape index (κ1) is 10.2. The van der Waals surface area contributed by atoms with Crippen molar-refractivity contribution in [3.05, 3.63) is 41.6 Å². The number of nitrogens with zero attached hydrogens (tertiary/aromatic N) is 1. The van der Waals surface area contributed by atoms with Crippen LogP contribution in [0.1, 0.15) is 30.7 Å². The summed E-state index contributed by atoms with van der Waals surface area (Å²) in [6.07, 6.45) is 4.88. The molecule has 1 aromatic rings. The zero-order chi connectivity index (χ0) is 12.1. The summed E-state index contributed by atoms with van der Waals surface area (Å²) in [6, 6.07) is 8.84. The lowest BCUT2D eigenvalue weighted by molar-refractivity contribution is -0.130. The van der Waals surface area contributed by atoms with Crippen LogP contribution in [-0.2, 0) is 4.79 Å². The van der Waals surface area contributed by atoms with Crippen LogP contribution in [0, 0.1) is 0 Å². The Hall–Kier alpha value is -1.77. The topological polar surface area (TPSA) is 32.3 Å². The zero-order valence-electron chi connectivity index (χ0n) is 10.2. The molecule has 0 radical (unpaired) electrons. The van der Waals surface area contributed by atoms with E-state index < -0.39 is 0 Å². The number of allylic oxidation sites excluding steroid dienone is 1. The average Bonchev–Trinajstić information content (AvgIpc) is 2.78. The second kappa shape index (κ2) is 3.61. The van der Waals surface area contributed by atoms with Gasteiger partial charge in [-0.1, -0.05) is 24.3 Å². The Balaban J connectivity index is 1.76. The monoisotopic (exact) mass is 240 g/mol. The Labute approximate surface area is 106 Å². The molecule has 3 aliphatic rings. The van der Waals surface area contributed by atoms with Crippen LogP contribution >= 0.6 is 0 Å². The molecule has 3 heterocycles. The molecule has 1 saturated heterocycles. The maximum Gasteiger partial charge on any atom is 0.227 e. The number of hydrogen-bond donors (Lipinski definition) is 1. The van der Waals surface area contributed by atoms with Crippen LogP contribution in [0.5, 0.6) is 0 Å². The Morgan fingerprint density at radius 1 is 1.28 bits per heavy atom. The SMILES string of the molecule is O=C1CCC=C2C3Nc4ccccc4C3CCN12. The van der Waals surface area contributed by atoms with Gasteiger partial charge in [0.15, 0.2) is 0 Å². The second-order valence-corrected chi connectivity index (χ2v) is 5.32. The lowest BCUT2D eigenvalue weighted by Crippen LogP contribution is -2.46. The highest BCUT2D eigenvalue weighted by molar-refractivity contribution is 5.81. The van der Waals surface area contributed by atoms with Gasteiger partial charge in [-0.15, -0.1) is 0 Å². The van der Waals surface area contributed by atoms with Crippen molar-refractivity contribution in [3.8, 4) is 0 Å². The van der Waals surface area contributed by atoms with E-state index in [0.29, 0.717) is 24.3 Å². The minimum absolute atomic E-state index is 0.295. The summed E-state index contributed by atoms with van der Waals surface area (Å²) in [5.41, 5.74) is 3.87. The van der Waals surface area contributed by atoms with E-state index >= 15 is 0 Å². The molecule has 1 N–H and O–H groups in total. The molecule has 1 fully saturated rings. The van der Waals surface area contributed by atoms with Gasteiger partial charge in [-0.05, 0) is 24.5 Å². The van der Waals surface area contributed by atoms with Crippen molar-refractivity contribution in [1.82, 2.24) is 4.90 Å². The van der Waals surface area contributed by atoms with Crippen molar-refractivity contribution in [2.75, 3.05) is 11.9 Å². The summed E-state index contributed by atoms with van der Waals surface area (Å²) < 4.78 is 0. The average molecular weight is 240 g/mol. The minimum Gasteiger partial charge on any atom is -0.376 e. The summed E-state index contributed by atoms with van der Waals surface area (Å²) in [7, 11) is 0. The Morgan fingerprint density at radius 2 is 2.17 bits per heavy atom. The molecule has 18 heavy (non-hydrogen) atoms. The van der Waals surface area contributed by atoms with Crippen molar-refractivity contribution < 1.29 is 4.79 Å². The zero-order valence-corrected chi connectivity index (χ0v) is 10.2. The first-order valence-corrected chi connectivity index (χ1v) is 6.70. The third kappa shape index (κ3) is 1.27. The van der Waals surface area contributed by atoms with Gasteiger partial charge < -0.3 is 10.2 Å². The van der Waals surface area contributed by atoms with E-state index in [0.717, 1.165) is 19.4 Å². The molecule has 1 aromatic carbocycles. The molecule has 0 saturated carbocycles. The van der Waals surface area contributed by atoms with Gasteiger partial charge in [-0.2, -0.15) is 0 Å². The maximum atomic E-state index is 11.9. The number of carbonyl (C=O) groups excluding carboxylic acids is 1. The summed E-state index contributed by atoms with van der Waals surface area (Å²) in [5.74, 6) is 0.832. The summed E-state index contributed by atoms with van der Waals surface area (Å²) >= 11 is 0. The van der Waals surface area contributed by atoms with Crippen molar-refractivity contribution in [2.45, 2.75) is 31.2 Å². The maximum absolute atomic E-state index is 11.9. The van der Waals surface area contributed by atoms with Crippen molar-refractivity contribution >= 4 is 11.6 Å². The molecular weight excluding hydrogens is 224 g/mol. The highest BCUT2D eigenvalue weighted by Crippen LogP contribution is 2.45. The van der Waals surface area contributed by atoms with Crippen LogP contribution in [0.25, 0.3) is 0 Å². The van der Waals surface area contributed by atoms with Gasteiger partial charge in [0.25, 0.3) is 0 Å². The molecule has 0 bridgehead atoms. The number of para-hydroxylation sites is 1. The Kier molecular flexibility index (Phi) is 2.04. The standard InChI is InChI=1S/C15H16N2O/c18-14-7-3-6-13-15-11(8-9-17(13)14)10-4-1-2-5-12(10)16-15/h1-2,4-6,11,15-16H,3,7-9H2.